The van der Waals surface area contributed by atoms with Crippen LogP contribution < -0.4 is 0 Å². The Kier molecular flexibility index (Phi) is 7.44. The second-order valence-electron chi connectivity index (χ2n) is 6.58. The van der Waals surface area contributed by atoms with Gasteiger partial charge in [0, 0.05) is 17.9 Å². The zero-order valence-electron chi connectivity index (χ0n) is 14.4. The van der Waals surface area contributed by atoms with Crippen molar-refractivity contribution in [2.45, 2.75) is 70.5 Å². The van der Waals surface area contributed by atoms with Gasteiger partial charge >= 0.3 is 5.97 Å². The van der Waals surface area contributed by atoms with E-state index >= 15 is 0 Å². The average Bonchev–Trinajstić information content (AvgIpc) is 3.19. The number of hydrogen-bond donors (Lipinski definition) is 1. The predicted molar refractivity (Wildman–Crippen MR) is 93.8 cm³/mol. The number of epoxide rings is 1. The SMILES string of the molecule is CCCCCC=CCC1C=CC(=O)C1=C[C@H]1O[C@@H]1CCCC(=O)O. The number of unbranched alkanes of at least 4 members (excludes halogenated alkanes) is 3. The molecule has 0 aromatic rings. The lowest BCUT2D eigenvalue weighted by molar-refractivity contribution is -0.137. The molecule has 0 amide bonds. The molecule has 1 aliphatic heterocycles. The maximum absolute atomic E-state index is 12.0. The van der Waals surface area contributed by atoms with Crippen LogP contribution in [0.2, 0.25) is 0 Å². The van der Waals surface area contributed by atoms with Gasteiger partial charge in [0.1, 0.15) is 6.10 Å². The molecule has 0 spiro atoms. The summed E-state index contributed by atoms with van der Waals surface area (Å²) in [5, 5.41) is 8.65. The molecule has 2 rings (SSSR count). The zero-order chi connectivity index (χ0) is 17.4. The Bertz CT molecular complexity index is 530. The first kappa shape index (κ1) is 18.7. The van der Waals surface area contributed by atoms with E-state index in [4.69, 9.17) is 9.84 Å². The Morgan fingerprint density at radius 2 is 2.12 bits per heavy atom. The highest BCUT2D eigenvalue weighted by molar-refractivity contribution is 6.07. The molecule has 1 unspecified atom stereocenters. The van der Waals surface area contributed by atoms with Crippen LogP contribution in [0.25, 0.3) is 0 Å². The third kappa shape index (κ3) is 6.08. The number of hydrogen-bond acceptors (Lipinski definition) is 3. The number of rotatable bonds is 11. The molecule has 0 radical (unpaired) electrons. The fourth-order valence-electron chi connectivity index (χ4n) is 3.04. The number of aliphatic carboxylic acids is 1. The first-order valence-electron chi connectivity index (χ1n) is 9.08. The minimum Gasteiger partial charge on any atom is -0.481 e. The lowest BCUT2D eigenvalue weighted by Gasteiger charge is -2.06. The Hall–Kier alpha value is -1.68. The predicted octanol–water partition coefficient (Wildman–Crippen LogP) is 4.22. The van der Waals surface area contributed by atoms with Crippen LogP contribution in [0.3, 0.4) is 0 Å². The summed E-state index contributed by atoms with van der Waals surface area (Å²) < 4.78 is 5.56. The number of carbonyl (C=O) groups is 2. The highest BCUT2D eigenvalue weighted by atomic mass is 16.6. The Morgan fingerprint density at radius 3 is 2.88 bits per heavy atom. The van der Waals surface area contributed by atoms with Gasteiger partial charge in [-0.25, -0.2) is 0 Å². The van der Waals surface area contributed by atoms with Crippen LogP contribution in [0, 0.1) is 5.92 Å². The molecular weight excluding hydrogens is 304 g/mol. The molecule has 4 nitrogen and oxygen atoms in total. The van der Waals surface area contributed by atoms with E-state index in [0.717, 1.165) is 24.8 Å². The van der Waals surface area contributed by atoms with E-state index in [9.17, 15) is 9.59 Å². The smallest absolute Gasteiger partial charge is 0.303 e. The summed E-state index contributed by atoms with van der Waals surface area (Å²) in [5.41, 5.74) is 0.832. The summed E-state index contributed by atoms with van der Waals surface area (Å²) in [7, 11) is 0. The molecule has 2 aliphatic rings. The first-order valence-corrected chi connectivity index (χ1v) is 9.08. The van der Waals surface area contributed by atoms with Gasteiger partial charge in [-0.05, 0) is 44.3 Å². The van der Waals surface area contributed by atoms with Crippen molar-refractivity contribution >= 4 is 11.8 Å². The number of allylic oxidation sites excluding steroid dienone is 5. The van der Waals surface area contributed by atoms with E-state index in [-0.39, 0.29) is 30.3 Å². The maximum atomic E-state index is 12.0. The number of ether oxygens (including phenoxy) is 1. The molecule has 0 aromatic carbocycles. The number of ketones is 1. The minimum atomic E-state index is -0.772. The molecule has 24 heavy (non-hydrogen) atoms. The molecule has 1 heterocycles. The molecule has 0 saturated carbocycles. The van der Waals surface area contributed by atoms with E-state index in [1.54, 1.807) is 6.08 Å². The van der Waals surface area contributed by atoms with Crippen molar-refractivity contribution < 1.29 is 19.4 Å². The van der Waals surface area contributed by atoms with E-state index < -0.39 is 5.97 Å². The monoisotopic (exact) mass is 332 g/mol. The molecule has 1 fully saturated rings. The fraction of sp³-hybridized carbons (Fsp3) is 0.600. The molecular formula is C20H28O4. The first-order chi connectivity index (χ1) is 11.6. The minimum absolute atomic E-state index is 0.0197. The highest BCUT2D eigenvalue weighted by Crippen LogP contribution is 2.33. The number of carbonyl (C=O) groups excluding carboxylic acids is 1. The maximum Gasteiger partial charge on any atom is 0.303 e. The number of carboxylic acids is 1. The van der Waals surface area contributed by atoms with Gasteiger partial charge in [0.15, 0.2) is 5.78 Å². The third-order valence-electron chi connectivity index (χ3n) is 4.54. The average molecular weight is 332 g/mol. The number of carboxylic acid groups (broad SMARTS) is 1. The van der Waals surface area contributed by atoms with Gasteiger partial charge in [-0.2, -0.15) is 0 Å². The molecule has 1 aliphatic carbocycles. The second-order valence-corrected chi connectivity index (χ2v) is 6.58. The molecule has 132 valence electrons. The molecule has 1 N–H and O–H groups in total. The normalized spacial score (nSPS) is 27.5. The van der Waals surface area contributed by atoms with Gasteiger partial charge in [-0.1, -0.05) is 38.0 Å². The standard InChI is InChI=1S/C20H28O4/c1-2-3-4-5-6-7-9-15-12-13-17(21)16(15)14-19-18(24-19)10-8-11-20(22)23/h6-7,12-15,18-19H,2-5,8-11H2,1H3,(H,22,23)/t15?,18-,19-/m1/s1. The van der Waals surface area contributed by atoms with Crippen LogP contribution in [0.5, 0.6) is 0 Å². The highest BCUT2D eigenvalue weighted by Gasteiger charge is 2.38. The molecule has 3 atom stereocenters. The Balaban J connectivity index is 1.76. The second kappa shape index (κ2) is 9.58. The zero-order valence-corrected chi connectivity index (χ0v) is 14.4. The van der Waals surface area contributed by atoms with Gasteiger partial charge in [0.25, 0.3) is 0 Å². The van der Waals surface area contributed by atoms with Crippen LogP contribution >= 0.6 is 0 Å². The van der Waals surface area contributed by atoms with E-state index in [0.29, 0.717) is 6.42 Å². The Morgan fingerprint density at radius 1 is 1.29 bits per heavy atom. The topological polar surface area (TPSA) is 66.9 Å². The van der Waals surface area contributed by atoms with Crippen LogP contribution in [0.1, 0.15) is 58.3 Å². The molecule has 4 heteroatoms. The van der Waals surface area contributed by atoms with Crippen molar-refractivity contribution in [3.05, 3.63) is 36.0 Å². The summed E-state index contributed by atoms with van der Waals surface area (Å²) in [5.74, 6) is -0.533. The molecule has 0 aromatic heterocycles. The van der Waals surface area contributed by atoms with Gasteiger partial charge < -0.3 is 9.84 Å². The van der Waals surface area contributed by atoms with Crippen molar-refractivity contribution in [1.82, 2.24) is 0 Å². The summed E-state index contributed by atoms with van der Waals surface area (Å²) in [6, 6.07) is 0. The van der Waals surface area contributed by atoms with E-state index in [1.807, 2.05) is 12.2 Å². The van der Waals surface area contributed by atoms with Crippen LogP contribution in [-0.4, -0.2) is 29.1 Å². The van der Waals surface area contributed by atoms with E-state index in [2.05, 4.69) is 19.1 Å². The summed E-state index contributed by atoms with van der Waals surface area (Å²) in [4.78, 5) is 22.5. The van der Waals surface area contributed by atoms with Crippen molar-refractivity contribution in [3.63, 3.8) is 0 Å². The van der Waals surface area contributed by atoms with Crippen LogP contribution in [-0.2, 0) is 14.3 Å². The van der Waals surface area contributed by atoms with E-state index in [1.165, 1.54) is 19.3 Å². The van der Waals surface area contributed by atoms with Gasteiger partial charge in [0.2, 0.25) is 0 Å². The molecule has 1 saturated heterocycles. The summed E-state index contributed by atoms with van der Waals surface area (Å²) in [6.07, 6.45) is 17.3. The fourth-order valence-corrected chi connectivity index (χ4v) is 3.04. The lowest BCUT2D eigenvalue weighted by atomic mass is 9.96. The summed E-state index contributed by atoms with van der Waals surface area (Å²) in [6.45, 7) is 2.20. The van der Waals surface area contributed by atoms with Crippen LogP contribution in [0.15, 0.2) is 36.0 Å². The summed E-state index contributed by atoms with van der Waals surface area (Å²) >= 11 is 0. The van der Waals surface area contributed by atoms with Gasteiger partial charge in [-0.3, -0.25) is 9.59 Å². The largest absolute Gasteiger partial charge is 0.481 e. The quantitative estimate of drug-likeness (QED) is 0.266. The molecule has 0 bridgehead atoms. The van der Waals surface area contributed by atoms with Crippen LogP contribution in [0.4, 0.5) is 0 Å². The third-order valence-corrected chi connectivity index (χ3v) is 4.54. The lowest BCUT2D eigenvalue weighted by Crippen LogP contribution is -2.05. The van der Waals surface area contributed by atoms with Crippen molar-refractivity contribution in [1.29, 1.82) is 0 Å². The van der Waals surface area contributed by atoms with Crippen molar-refractivity contribution in [3.8, 4) is 0 Å². The van der Waals surface area contributed by atoms with Crippen molar-refractivity contribution in [2.75, 3.05) is 0 Å². The van der Waals surface area contributed by atoms with Crippen molar-refractivity contribution in [2.24, 2.45) is 5.92 Å². The van der Waals surface area contributed by atoms with Gasteiger partial charge in [-0.15, -0.1) is 0 Å². The Labute approximate surface area is 144 Å². The van der Waals surface area contributed by atoms with Gasteiger partial charge in [0.05, 0.1) is 6.10 Å².